The van der Waals surface area contributed by atoms with Crippen LogP contribution in [0.5, 0.6) is 5.75 Å². The molecule has 1 amide bonds. The minimum absolute atomic E-state index is 0.0853. The van der Waals surface area contributed by atoms with Crippen LogP contribution in [0.1, 0.15) is 16.1 Å². The summed E-state index contributed by atoms with van der Waals surface area (Å²) in [6.45, 7) is 0.178. The molecule has 0 aliphatic carbocycles. The van der Waals surface area contributed by atoms with Gasteiger partial charge in [-0.15, -0.1) is 0 Å². The first-order chi connectivity index (χ1) is 9.56. The number of benzene rings is 1. The van der Waals surface area contributed by atoms with Gasteiger partial charge in [0.25, 0.3) is 5.91 Å². The molecule has 0 saturated heterocycles. The van der Waals surface area contributed by atoms with Crippen molar-refractivity contribution in [2.45, 2.75) is 6.42 Å². The maximum atomic E-state index is 13.0. The van der Waals surface area contributed by atoms with Crippen molar-refractivity contribution >= 4 is 5.91 Å². The molecule has 0 bridgehead atoms. The van der Waals surface area contributed by atoms with E-state index in [2.05, 4.69) is 10.3 Å². The van der Waals surface area contributed by atoms with Crippen LogP contribution in [-0.2, 0) is 6.42 Å². The number of carbonyl (C=O) groups excluding carboxylic acids is 1. The van der Waals surface area contributed by atoms with Crippen molar-refractivity contribution in [2.75, 3.05) is 6.54 Å². The van der Waals surface area contributed by atoms with Crippen LogP contribution in [-0.4, -0.2) is 22.5 Å². The maximum Gasteiger partial charge on any atom is 0.273 e. The molecular formula is C14H12F2N2O2. The highest BCUT2D eigenvalue weighted by Crippen LogP contribution is 2.12. The van der Waals surface area contributed by atoms with Crippen LogP contribution in [0.3, 0.4) is 0 Å². The highest BCUT2D eigenvalue weighted by Gasteiger charge is 2.11. The molecule has 104 valence electrons. The first-order valence-corrected chi connectivity index (χ1v) is 5.93. The van der Waals surface area contributed by atoms with Gasteiger partial charge in [0.15, 0.2) is 5.69 Å². The summed E-state index contributed by atoms with van der Waals surface area (Å²) in [7, 11) is 0. The van der Waals surface area contributed by atoms with Gasteiger partial charge in [-0.3, -0.25) is 4.79 Å². The van der Waals surface area contributed by atoms with E-state index in [0.717, 1.165) is 6.07 Å². The van der Waals surface area contributed by atoms with E-state index in [1.165, 1.54) is 30.5 Å². The lowest BCUT2D eigenvalue weighted by Gasteiger charge is -2.06. The number of rotatable bonds is 4. The first-order valence-electron chi connectivity index (χ1n) is 5.93. The van der Waals surface area contributed by atoms with Crippen LogP contribution in [0.15, 0.2) is 36.5 Å². The summed E-state index contributed by atoms with van der Waals surface area (Å²) in [4.78, 5) is 15.5. The average Bonchev–Trinajstić information content (AvgIpc) is 2.38. The topological polar surface area (TPSA) is 62.2 Å². The number of amides is 1. The summed E-state index contributed by atoms with van der Waals surface area (Å²) in [5.41, 5.74) is 0.353. The summed E-state index contributed by atoms with van der Waals surface area (Å²) in [5.74, 6) is -2.08. The molecule has 2 rings (SSSR count). The van der Waals surface area contributed by atoms with Crippen LogP contribution in [0, 0.1) is 11.6 Å². The van der Waals surface area contributed by atoms with E-state index in [1.54, 1.807) is 0 Å². The largest absolute Gasteiger partial charge is 0.505 e. The first kappa shape index (κ1) is 13.9. The molecule has 0 unspecified atom stereocenters. The number of aromatic nitrogens is 1. The summed E-state index contributed by atoms with van der Waals surface area (Å²) >= 11 is 0. The van der Waals surface area contributed by atoms with Gasteiger partial charge in [0.05, 0.1) is 0 Å². The van der Waals surface area contributed by atoms with Crippen molar-refractivity contribution in [1.29, 1.82) is 0 Å². The zero-order chi connectivity index (χ0) is 14.5. The number of aromatic hydroxyl groups is 1. The summed E-state index contributed by atoms with van der Waals surface area (Å²) in [5, 5.41) is 12.0. The quantitative estimate of drug-likeness (QED) is 0.899. The highest BCUT2D eigenvalue weighted by molar-refractivity contribution is 5.94. The van der Waals surface area contributed by atoms with E-state index in [4.69, 9.17) is 0 Å². The van der Waals surface area contributed by atoms with Gasteiger partial charge in [0, 0.05) is 18.8 Å². The number of nitrogens with zero attached hydrogens (tertiary/aromatic N) is 1. The third kappa shape index (κ3) is 3.50. The summed E-state index contributed by atoms with van der Waals surface area (Å²) in [6.07, 6.45) is 1.66. The lowest BCUT2D eigenvalue weighted by Crippen LogP contribution is -2.26. The third-order valence-corrected chi connectivity index (χ3v) is 2.62. The van der Waals surface area contributed by atoms with Crippen LogP contribution < -0.4 is 5.32 Å². The van der Waals surface area contributed by atoms with Crippen molar-refractivity contribution in [3.8, 4) is 5.75 Å². The Hall–Kier alpha value is -2.50. The van der Waals surface area contributed by atoms with Crippen molar-refractivity contribution in [2.24, 2.45) is 0 Å². The number of pyridine rings is 1. The zero-order valence-corrected chi connectivity index (χ0v) is 10.4. The Morgan fingerprint density at radius 2 is 1.95 bits per heavy atom. The normalized spacial score (nSPS) is 10.3. The van der Waals surface area contributed by atoms with Crippen LogP contribution in [0.2, 0.25) is 0 Å². The van der Waals surface area contributed by atoms with Crippen molar-refractivity contribution in [3.05, 3.63) is 59.4 Å². The minimum atomic E-state index is -0.659. The summed E-state index contributed by atoms with van der Waals surface area (Å²) in [6, 6.07) is 6.04. The van der Waals surface area contributed by atoms with Gasteiger partial charge in [-0.25, -0.2) is 13.8 Å². The van der Waals surface area contributed by atoms with E-state index < -0.39 is 17.5 Å². The van der Waals surface area contributed by atoms with E-state index >= 15 is 0 Å². The van der Waals surface area contributed by atoms with Gasteiger partial charge in [-0.1, -0.05) is 0 Å². The van der Waals surface area contributed by atoms with Gasteiger partial charge >= 0.3 is 0 Å². The highest BCUT2D eigenvalue weighted by atomic mass is 19.1. The van der Waals surface area contributed by atoms with E-state index in [-0.39, 0.29) is 24.4 Å². The maximum absolute atomic E-state index is 13.0. The SMILES string of the molecule is O=C(NCCc1cc(F)cc(F)c1)c1ncccc1O. The number of hydrogen-bond donors (Lipinski definition) is 2. The Kier molecular flexibility index (Phi) is 4.24. The van der Waals surface area contributed by atoms with Crippen LogP contribution in [0.4, 0.5) is 8.78 Å². The van der Waals surface area contributed by atoms with E-state index in [0.29, 0.717) is 5.56 Å². The van der Waals surface area contributed by atoms with Crippen molar-refractivity contribution in [3.63, 3.8) is 0 Å². The molecule has 2 aromatic rings. The fraction of sp³-hybridized carbons (Fsp3) is 0.143. The Balaban J connectivity index is 1.93. The molecule has 0 spiro atoms. The lowest BCUT2D eigenvalue weighted by atomic mass is 10.1. The molecule has 1 aromatic carbocycles. The Bertz CT molecular complexity index is 612. The molecule has 6 heteroatoms. The third-order valence-electron chi connectivity index (χ3n) is 2.62. The number of halogens is 2. The molecule has 0 radical (unpaired) electrons. The molecule has 0 aliphatic rings. The Morgan fingerprint density at radius 1 is 1.25 bits per heavy atom. The van der Waals surface area contributed by atoms with Crippen LogP contribution in [0.25, 0.3) is 0 Å². The van der Waals surface area contributed by atoms with Gasteiger partial charge < -0.3 is 10.4 Å². The molecule has 2 N–H and O–H groups in total. The molecule has 20 heavy (non-hydrogen) atoms. The van der Waals surface area contributed by atoms with Crippen molar-refractivity contribution < 1.29 is 18.7 Å². The lowest BCUT2D eigenvalue weighted by molar-refractivity contribution is 0.0946. The molecule has 0 aliphatic heterocycles. The standard InChI is InChI=1S/C14H12F2N2O2/c15-10-6-9(7-11(16)8-10)3-5-18-14(20)13-12(19)2-1-4-17-13/h1-2,4,6-8,19H,3,5H2,(H,18,20). The fourth-order valence-electron chi connectivity index (χ4n) is 1.73. The molecule has 0 fully saturated rings. The number of nitrogens with one attached hydrogen (secondary N) is 1. The smallest absolute Gasteiger partial charge is 0.273 e. The Labute approximate surface area is 114 Å². The summed E-state index contributed by atoms with van der Waals surface area (Å²) < 4.78 is 25.9. The monoisotopic (exact) mass is 278 g/mol. The molecule has 1 aromatic heterocycles. The number of hydrogen-bond acceptors (Lipinski definition) is 3. The Morgan fingerprint density at radius 3 is 2.60 bits per heavy atom. The second-order valence-electron chi connectivity index (χ2n) is 4.15. The fourth-order valence-corrected chi connectivity index (χ4v) is 1.73. The molecule has 4 nitrogen and oxygen atoms in total. The average molecular weight is 278 g/mol. The second-order valence-corrected chi connectivity index (χ2v) is 4.15. The second kappa shape index (κ2) is 6.10. The molecule has 0 atom stereocenters. The predicted octanol–water partition coefficient (Wildman–Crippen LogP) is 2.04. The van der Waals surface area contributed by atoms with Gasteiger partial charge in [0.1, 0.15) is 17.4 Å². The molecular weight excluding hydrogens is 266 g/mol. The van der Waals surface area contributed by atoms with E-state index in [9.17, 15) is 18.7 Å². The number of carbonyl (C=O) groups is 1. The predicted molar refractivity (Wildman–Crippen MR) is 68.3 cm³/mol. The van der Waals surface area contributed by atoms with Gasteiger partial charge in [-0.05, 0) is 36.2 Å². The van der Waals surface area contributed by atoms with Crippen molar-refractivity contribution in [1.82, 2.24) is 10.3 Å². The van der Waals surface area contributed by atoms with Gasteiger partial charge in [0.2, 0.25) is 0 Å². The molecule has 1 heterocycles. The van der Waals surface area contributed by atoms with Gasteiger partial charge in [-0.2, -0.15) is 0 Å². The van der Waals surface area contributed by atoms with E-state index in [1.807, 2.05) is 0 Å². The zero-order valence-electron chi connectivity index (χ0n) is 10.4. The minimum Gasteiger partial charge on any atom is -0.505 e. The van der Waals surface area contributed by atoms with Crippen LogP contribution >= 0.6 is 0 Å². The molecule has 0 saturated carbocycles.